The van der Waals surface area contributed by atoms with Gasteiger partial charge in [-0.2, -0.15) is 0 Å². The summed E-state index contributed by atoms with van der Waals surface area (Å²) in [6, 6.07) is 0. The van der Waals surface area contributed by atoms with Gasteiger partial charge >= 0.3 is 6.09 Å². The number of amides is 1. The van der Waals surface area contributed by atoms with Crippen molar-refractivity contribution in [3.8, 4) is 0 Å². The molecule has 1 N–H and O–H groups in total. The summed E-state index contributed by atoms with van der Waals surface area (Å²) in [4.78, 5) is 9.91. The van der Waals surface area contributed by atoms with Crippen molar-refractivity contribution in [3.05, 3.63) is 0 Å². The Hall–Kier alpha value is -0.730. The first-order valence-corrected chi connectivity index (χ1v) is 1.80. The Bertz CT molecular complexity index is 64.1. The van der Waals surface area contributed by atoms with E-state index in [9.17, 15) is 4.79 Å². The lowest BCUT2D eigenvalue weighted by Crippen LogP contribution is -2.11. The minimum atomic E-state index is -0.296. The summed E-state index contributed by atoms with van der Waals surface area (Å²) in [5.74, 6) is 0. The van der Waals surface area contributed by atoms with Crippen molar-refractivity contribution >= 4 is 6.09 Å². The first kappa shape index (κ1) is 6.27. The lowest BCUT2D eigenvalue weighted by Gasteiger charge is -1.80. The molecule has 0 spiro atoms. The summed E-state index contributed by atoms with van der Waals surface area (Å²) in [7, 11) is 0. The molecule has 1 aliphatic rings. The molecular weight excluding hydrogens is 94.0 g/mol. The molecule has 0 saturated carbocycles. The predicted octanol–water partition coefficient (Wildman–Crippen LogP) is 0.362. The van der Waals surface area contributed by atoms with Gasteiger partial charge in [-0.15, -0.1) is 0 Å². The monoisotopic (exact) mass is 103 g/mol. The molecule has 7 heavy (non-hydrogen) atoms. The first-order chi connectivity index (χ1) is 2.89. The maximum absolute atomic E-state index is 9.91. The molecule has 0 radical (unpaired) electrons. The third-order valence-corrected chi connectivity index (χ3v) is 0.605. The fraction of sp³-hybridized carbons (Fsp3) is 0.750. The van der Waals surface area contributed by atoms with Crippen LogP contribution in [0.4, 0.5) is 4.79 Å². The number of nitrogens with one attached hydrogen (secondary N) is 1. The van der Waals surface area contributed by atoms with Crippen molar-refractivity contribution in [2.75, 3.05) is 13.2 Å². The van der Waals surface area contributed by atoms with Gasteiger partial charge in [-0.3, -0.25) is 0 Å². The van der Waals surface area contributed by atoms with Crippen LogP contribution in [0.5, 0.6) is 0 Å². The standard InChI is InChI=1S/C3H5NO2.CH4/c5-3-4-1-2-6-3;/h1-2H2,(H,4,5);1H4. The fourth-order valence-corrected chi connectivity index (χ4v) is 0.348. The molecular formula is C4H9NO2. The molecule has 0 bridgehead atoms. The quantitative estimate of drug-likeness (QED) is 0.480. The van der Waals surface area contributed by atoms with Gasteiger partial charge < -0.3 is 10.1 Å². The van der Waals surface area contributed by atoms with Crippen molar-refractivity contribution < 1.29 is 9.53 Å². The minimum absolute atomic E-state index is 0. The van der Waals surface area contributed by atoms with E-state index in [0.717, 1.165) is 0 Å². The molecule has 3 nitrogen and oxygen atoms in total. The highest BCUT2D eigenvalue weighted by atomic mass is 16.6. The average Bonchev–Trinajstić information content (AvgIpc) is 1.86. The molecule has 3 heteroatoms. The first-order valence-electron chi connectivity index (χ1n) is 1.80. The third-order valence-electron chi connectivity index (χ3n) is 0.605. The van der Waals surface area contributed by atoms with Gasteiger partial charge in [-0.25, -0.2) is 4.79 Å². The number of hydrogen-bond acceptors (Lipinski definition) is 2. The molecule has 0 aromatic rings. The van der Waals surface area contributed by atoms with Gasteiger partial charge in [0.05, 0.1) is 6.54 Å². The van der Waals surface area contributed by atoms with Crippen molar-refractivity contribution in [2.24, 2.45) is 0 Å². The summed E-state index contributed by atoms with van der Waals surface area (Å²) in [5, 5.41) is 2.46. The topological polar surface area (TPSA) is 38.3 Å². The van der Waals surface area contributed by atoms with Crippen LogP contribution in [0.15, 0.2) is 0 Å². The lowest BCUT2D eigenvalue weighted by atomic mass is 10.7. The van der Waals surface area contributed by atoms with Crippen LogP contribution in [0.2, 0.25) is 0 Å². The van der Waals surface area contributed by atoms with Crippen LogP contribution < -0.4 is 5.32 Å². The van der Waals surface area contributed by atoms with Gasteiger partial charge in [0, 0.05) is 0 Å². The Morgan fingerprint density at radius 2 is 2.43 bits per heavy atom. The Balaban J connectivity index is 0.000000360. The summed E-state index contributed by atoms with van der Waals surface area (Å²) in [6.07, 6.45) is -0.296. The molecule has 0 atom stereocenters. The van der Waals surface area contributed by atoms with Crippen LogP contribution in [0.25, 0.3) is 0 Å². The van der Waals surface area contributed by atoms with Crippen molar-refractivity contribution in [2.45, 2.75) is 7.43 Å². The van der Waals surface area contributed by atoms with E-state index in [1.807, 2.05) is 0 Å². The fourth-order valence-electron chi connectivity index (χ4n) is 0.348. The highest BCUT2D eigenvalue weighted by Gasteiger charge is 2.06. The molecule has 42 valence electrons. The molecule has 1 aliphatic heterocycles. The van der Waals surface area contributed by atoms with Gasteiger partial charge in [-0.1, -0.05) is 7.43 Å². The molecule has 0 aliphatic carbocycles. The number of rotatable bonds is 0. The smallest absolute Gasteiger partial charge is 0.407 e. The lowest BCUT2D eigenvalue weighted by molar-refractivity contribution is 0.178. The molecule has 0 aromatic heterocycles. The van der Waals surface area contributed by atoms with E-state index in [1.165, 1.54) is 0 Å². The zero-order chi connectivity index (χ0) is 4.41. The molecule has 0 unspecified atom stereocenters. The molecule has 0 aromatic carbocycles. The zero-order valence-electron chi connectivity index (χ0n) is 3.23. The van der Waals surface area contributed by atoms with Crippen molar-refractivity contribution in [1.82, 2.24) is 5.32 Å². The summed E-state index contributed by atoms with van der Waals surface area (Å²) in [6.45, 7) is 1.19. The van der Waals surface area contributed by atoms with E-state index in [4.69, 9.17) is 0 Å². The second-order valence-corrected chi connectivity index (χ2v) is 1.06. The minimum Gasteiger partial charge on any atom is -0.448 e. The van der Waals surface area contributed by atoms with Crippen molar-refractivity contribution in [3.63, 3.8) is 0 Å². The van der Waals surface area contributed by atoms with Gasteiger partial charge in [0.2, 0.25) is 0 Å². The maximum atomic E-state index is 9.91. The van der Waals surface area contributed by atoms with Gasteiger partial charge in [0.15, 0.2) is 0 Å². The van der Waals surface area contributed by atoms with Gasteiger partial charge in [0.25, 0.3) is 0 Å². The second-order valence-electron chi connectivity index (χ2n) is 1.06. The highest BCUT2D eigenvalue weighted by Crippen LogP contribution is 1.82. The Kier molecular flexibility index (Phi) is 2.19. The zero-order valence-corrected chi connectivity index (χ0v) is 3.23. The van der Waals surface area contributed by atoms with Crippen LogP contribution in [-0.4, -0.2) is 19.2 Å². The van der Waals surface area contributed by atoms with Crippen LogP contribution in [-0.2, 0) is 4.74 Å². The Morgan fingerprint density at radius 1 is 1.71 bits per heavy atom. The maximum Gasteiger partial charge on any atom is 0.407 e. The van der Waals surface area contributed by atoms with Crippen LogP contribution >= 0.6 is 0 Å². The summed E-state index contributed by atoms with van der Waals surface area (Å²) >= 11 is 0. The number of carbonyl (C=O) groups is 1. The summed E-state index contributed by atoms with van der Waals surface area (Å²) in [5.41, 5.74) is 0. The number of hydrogen-bond donors (Lipinski definition) is 1. The Labute approximate surface area is 42.7 Å². The largest absolute Gasteiger partial charge is 0.448 e. The highest BCUT2D eigenvalue weighted by molar-refractivity contribution is 5.68. The van der Waals surface area contributed by atoms with E-state index in [0.29, 0.717) is 13.2 Å². The van der Waals surface area contributed by atoms with E-state index in [-0.39, 0.29) is 13.5 Å². The number of alkyl carbamates (subject to hydrolysis) is 1. The van der Waals surface area contributed by atoms with E-state index in [1.54, 1.807) is 0 Å². The van der Waals surface area contributed by atoms with Crippen LogP contribution in [0.1, 0.15) is 7.43 Å². The molecule has 1 heterocycles. The molecule has 1 saturated heterocycles. The van der Waals surface area contributed by atoms with Crippen molar-refractivity contribution in [1.29, 1.82) is 0 Å². The molecule has 1 rings (SSSR count). The summed E-state index contributed by atoms with van der Waals surface area (Å²) < 4.78 is 4.40. The van der Waals surface area contributed by atoms with Gasteiger partial charge in [-0.05, 0) is 0 Å². The molecule has 1 amide bonds. The molecule has 1 fully saturated rings. The number of carbonyl (C=O) groups excluding carboxylic acids is 1. The normalized spacial score (nSPS) is 16.9. The van der Waals surface area contributed by atoms with Gasteiger partial charge in [0.1, 0.15) is 6.61 Å². The van der Waals surface area contributed by atoms with E-state index >= 15 is 0 Å². The predicted molar refractivity (Wildman–Crippen MR) is 26.1 cm³/mol. The average molecular weight is 103 g/mol. The van der Waals surface area contributed by atoms with E-state index < -0.39 is 0 Å². The third kappa shape index (κ3) is 1.43. The SMILES string of the molecule is C.O=C1NCCO1. The van der Waals surface area contributed by atoms with Crippen LogP contribution in [0.3, 0.4) is 0 Å². The van der Waals surface area contributed by atoms with Crippen LogP contribution in [0, 0.1) is 0 Å². The number of ether oxygens (including phenoxy) is 1. The van der Waals surface area contributed by atoms with E-state index in [2.05, 4.69) is 10.1 Å². The Morgan fingerprint density at radius 3 is 2.57 bits per heavy atom. The number of cyclic esters (lactones) is 1. The second kappa shape index (κ2) is 2.44.